The van der Waals surface area contributed by atoms with Crippen molar-refractivity contribution in [3.8, 4) is 16.8 Å². The van der Waals surface area contributed by atoms with Crippen LogP contribution in [0, 0.1) is 0 Å². The Hall–Kier alpha value is -6.97. The predicted molar refractivity (Wildman–Crippen MR) is 232 cm³/mol. The van der Waals surface area contributed by atoms with Gasteiger partial charge in [0.15, 0.2) is 0 Å². The van der Waals surface area contributed by atoms with Crippen LogP contribution >= 0.6 is 0 Å². The van der Waals surface area contributed by atoms with Gasteiger partial charge in [-0.25, -0.2) is 4.98 Å². The Morgan fingerprint density at radius 3 is 1.73 bits per heavy atom. The van der Waals surface area contributed by atoms with Gasteiger partial charge in [0.05, 0.1) is 27.6 Å². The highest BCUT2D eigenvalue weighted by Gasteiger charge is 2.36. The maximum absolute atomic E-state index is 5.20. The van der Waals surface area contributed by atoms with Gasteiger partial charge in [0, 0.05) is 32.6 Å². The maximum Gasteiger partial charge on any atom is 0.146 e. The maximum atomic E-state index is 5.20. The van der Waals surface area contributed by atoms with Gasteiger partial charge in [0.2, 0.25) is 0 Å². The van der Waals surface area contributed by atoms with E-state index in [0.717, 1.165) is 27.9 Å². The van der Waals surface area contributed by atoms with Crippen molar-refractivity contribution < 1.29 is 0 Å². The Labute approximate surface area is 316 Å². The molecule has 0 unspecified atom stereocenters. The normalized spacial score (nSPS) is 13.8. The third-order valence-corrected chi connectivity index (χ3v) is 12.8. The molecule has 0 saturated heterocycles. The zero-order valence-corrected chi connectivity index (χ0v) is 30.4. The van der Waals surface area contributed by atoms with Gasteiger partial charge in [-0.1, -0.05) is 129 Å². The molecule has 0 aliphatic heterocycles. The summed E-state index contributed by atoms with van der Waals surface area (Å²) in [6.07, 6.45) is 0. The second-order valence-corrected chi connectivity index (χ2v) is 15.9. The summed E-state index contributed by atoms with van der Waals surface area (Å²) in [4.78, 5) is 5.20. The van der Waals surface area contributed by atoms with Crippen LogP contribution in [0.4, 0.5) is 0 Å². The molecule has 1 aliphatic carbocycles. The summed E-state index contributed by atoms with van der Waals surface area (Å²) in [7, 11) is 0. The molecule has 3 nitrogen and oxygen atoms in total. The molecule has 0 radical (unpaired) electrons. The fourth-order valence-electron chi connectivity index (χ4n) is 10.3. The second kappa shape index (κ2) is 10.2. The molecule has 1 aliphatic rings. The van der Waals surface area contributed by atoms with Crippen LogP contribution in [-0.2, 0) is 5.41 Å². The first kappa shape index (κ1) is 29.5. The molecule has 256 valence electrons. The summed E-state index contributed by atoms with van der Waals surface area (Å²) in [5, 5.41) is 13.9. The summed E-state index contributed by atoms with van der Waals surface area (Å²) in [5.74, 6) is 0. The average molecular weight is 700 g/mol. The first-order valence-electron chi connectivity index (χ1n) is 19.2. The van der Waals surface area contributed by atoms with Crippen molar-refractivity contribution in [2.24, 2.45) is 0 Å². The second-order valence-electron chi connectivity index (χ2n) is 15.9. The molecule has 3 heterocycles. The molecule has 3 heteroatoms. The molecule has 9 aromatic carbocycles. The number of aromatic nitrogens is 3. The summed E-state index contributed by atoms with van der Waals surface area (Å²) >= 11 is 0. The number of benzene rings is 9. The number of hydrogen-bond donors (Lipinski definition) is 0. The number of rotatable bonds is 1. The summed E-state index contributed by atoms with van der Waals surface area (Å²) in [6.45, 7) is 4.76. The van der Waals surface area contributed by atoms with Crippen molar-refractivity contribution in [3.63, 3.8) is 0 Å². The minimum atomic E-state index is -0.122. The fourth-order valence-corrected chi connectivity index (χ4v) is 10.3. The SMILES string of the molecule is CC1(C)c2ccccc2-c2cc3c4cc5c6ccccc6c6ccccc6c5cc4n(-c4ccc5c6ccccc6c6nc7ccccc7n6c5c4)c3cc21. The van der Waals surface area contributed by atoms with E-state index in [-0.39, 0.29) is 5.41 Å². The van der Waals surface area contributed by atoms with Crippen molar-refractivity contribution in [1.29, 1.82) is 0 Å². The van der Waals surface area contributed by atoms with Crippen LogP contribution in [0.15, 0.2) is 164 Å². The minimum absolute atomic E-state index is 0.122. The van der Waals surface area contributed by atoms with Crippen LogP contribution in [0.1, 0.15) is 25.0 Å². The molecular weight excluding hydrogens is 667 g/mol. The van der Waals surface area contributed by atoms with Crippen molar-refractivity contribution in [2.45, 2.75) is 19.3 Å². The quantitative estimate of drug-likeness (QED) is 0.156. The van der Waals surface area contributed by atoms with Gasteiger partial charge in [-0.15, -0.1) is 0 Å². The van der Waals surface area contributed by atoms with Crippen molar-refractivity contribution in [2.75, 3.05) is 0 Å². The Morgan fingerprint density at radius 2 is 0.964 bits per heavy atom. The van der Waals surface area contributed by atoms with Crippen LogP contribution < -0.4 is 0 Å². The molecule has 13 rings (SSSR count). The summed E-state index contributed by atoms with van der Waals surface area (Å²) in [5.41, 5.74) is 13.2. The number of pyridine rings is 1. The highest BCUT2D eigenvalue weighted by Crippen LogP contribution is 2.51. The van der Waals surface area contributed by atoms with E-state index in [1.165, 1.54) is 92.5 Å². The van der Waals surface area contributed by atoms with E-state index in [1.54, 1.807) is 0 Å². The molecule has 0 N–H and O–H groups in total. The van der Waals surface area contributed by atoms with E-state index in [0.29, 0.717) is 0 Å². The zero-order chi connectivity index (χ0) is 36.2. The lowest BCUT2D eigenvalue weighted by Crippen LogP contribution is -2.14. The Morgan fingerprint density at radius 1 is 0.382 bits per heavy atom. The topological polar surface area (TPSA) is 22.2 Å². The van der Waals surface area contributed by atoms with Crippen molar-refractivity contribution >= 4 is 92.5 Å². The van der Waals surface area contributed by atoms with Gasteiger partial charge >= 0.3 is 0 Å². The third kappa shape index (κ3) is 3.68. The van der Waals surface area contributed by atoms with Crippen LogP contribution in [-0.4, -0.2) is 14.0 Å². The fraction of sp³-hybridized carbons (Fsp3) is 0.0577. The first-order valence-corrected chi connectivity index (χ1v) is 19.2. The lowest BCUT2D eigenvalue weighted by atomic mass is 9.82. The highest BCUT2D eigenvalue weighted by molar-refractivity contribution is 6.29. The van der Waals surface area contributed by atoms with Crippen LogP contribution in [0.3, 0.4) is 0 Å². The summed E-state index contributed by atoms with van der Waals surface area (Å²) in [6, 6.07) is 61.0. The Kier molecular flexibility index (Phi) is 5.45. The van der Waals surface area contributed by atoms with E-state index in [1.807, 2.05) is 0 Å². The predicted octanol–water partition coefficient (Wildman–Crippen LogP) is 13.7. The molecule has 0 atom stereocenters. The third-order valence-electron chi connectivity index (χ3n) is 12.8. The molecule has 0 spiro atoms. The van der Waals surface area contributed by atoms with Gasteiger partial charge < -0.3 is 4.57 Å². The lowest BCUT2D eigenvalue weighted by molar-refractivity contribution is 0.661. The molecule has 0 fully saturated rings. The molecular formula is C52H33N3. The molecule has 12 aromatic rings. The van der Waals surface area contributed by atoms with Gasteiger partial charge in [0.25, 0.3) is 0 Å². The number of hydrogen-bond acceptors (Lipinski definition) is 1. The first-order chi connectivity index (χ1) is 27.0. The standard InChI is InChI=1S/C52H33N3/c1-52(2)44-20-10-9-18-36(44)41-27-43-42-26-39-33-15-5-3-13-31(33)32-14-4-6-16-34(32)40(39)28-49(42)54(50(43)29-45(41)52)30-23-24-37-35-17-7-8-19-38(35)51-53-46-21-11-12-22-47(46)55(51)48(37)25-30/h3-29H,1-2H3. The van der Waals surface area contributed by atoms with E-state index in [2.05, 4.69) is 187 Å². The van der Waals surface area contributed by atoms with Gasteiger partial charge in [0.1, 0.15) is 5.65 Å². The van der Waals surface area contributed by atoms with Crippen LogP contribution in [0.2, 0.25) is 0 Å². The van der Waals surface area contributed by atoms with Gasteiger partial charge in [-0.3, -0.25) is 4.40 Å². The van der Waals surface area contributed by atoms with Crippen LogP contribution in [0.5, 0.6) is 0 Å². The van der Waals surface area contributed by atoms with Gasteiger partial charge in [-0.05, 0) is 108 Å². The smallest absolute Gasteiger partial charge is 0.146 e. The number of para-hydroxylation sites is 2. The monoisotopic (exact) mass is 699 g/mol. The number of fused-ring (bicyclic) bond motifs is 20. The lowest BCUT2D eigenvalue weighted by Gasteiger charge is -2.21. The number of imidazole rings is 1. The number of nitrogens with zero attached hydrogens (tertiary/aromatic N) is 3. The molecule has 3 aromatic heterocycles. The zero-order valence-electron chi connectivity index (χ0n) is 30.4. The highest BCUT2D eigenvalue weighted by atomic mass is 15.0. The Bertz CT molecular complexity index is 3690. The largest absolute Gasteiger partial charge is 0.309 e. The van der Waals surface area contributed by atoms with Crippen molar-refractivity contribution in [1.82, 2.24) is 14.0 Å². The van der Waals surface area contributed by atoms with Crippen molar-refractivity contribution in [3.05, 3.63) is 175 Å². The van der Waals surface area contributed by atoms with E-state index >= 15 is 0 Å². The minimum Gasteiger partial charge on any atom is -0.309 e. The molecule has 0 bridgehead atoms. The Balaban J connectivity index is 1.23. The summed E-state index contributed by atoms with van der Waals surface area (Å²) < 4.78 is 4.91. The van der Waals surface area contributed by atoms with Gasteiger partial charge in [-0.2, -0.15) is 0 Å². The van der Waals surface area contributed by atoms with Crippen LogP contribution in [0.25, 0.3) is 109 Å². The van der Waals surface area contributed by atoms with E-state index in [4.69, 9.17) is 4.98 Å². The van der Waals surface area contributed by atoms with E-state index < -0.39 is 0 Å². The molecule has 0 saturated carbocycles. The average Bonchev–Trinajstić information content (AvgIpc) is 3.85. The molecule has 55 heavy (non-hydrogen) atoms. The van der Waals surface area contributed by atoms with E-state index in [9.17, 15) is 0 Å². The molecule has 0 amide bonds.